The maximum atomic E-state index is 11.9. The lowest BCUT2D eigenvalue weighted by atomic mass is 10.1. The Hall–Kier alpha value is -2.14. The predicted octanol–water partition coefficient (Wildman–Crippen LogP) is 11.1. The second-order valence-corrected chi connectivity index (χ2v) is 12.0. The van der Waals surface area contributed by atoms with Crippen molar-refractivity contribution in [1.82, 2.24) is 0 Å². The van der Waals surface area contributed by atoms with Crippen LogP contribution in [0.3, 0.4) is 0 Å². The van der Waals surface area contributed by atoms with E-state index in [1.54, 1.807) is 0 Å². The predicted molar refractivity (Wildman–Crippen MR) is 187 cm³/mol. The Labute approximate surface area is 271 Å². The molecule has 0 radical (unpaired) electrons. The molecule has 0 aliphatic rings. The molecule has 44 heavy (non-hydrogen) atoms. The van der Waals surface area contributed by atoms with Crippen molar-refractivity contribution in [1.29, 1.82) is 0 Å². The third-order valence-corrected chi connectivity index (χ3v) is 7.54. The fourth-order valence-electron chi connectivity index (χ4n) is 4.73. The number of hydrogen-bond donors (Lipinski definition) is 1. The highest BCUT2D eigenvalue weighted by molar-refractivity contribution is 5.69. The summed E-state index contributed by atoms with van der Waals surface area (Å²) in [4.78, 5) is 23.9. The van der Waals surface area contributed by atoms with Gasteiger partial charge in [-0.15, -0.1) is 0 Å². The lowest BCUT2D eigenvalue weighted by Crippen LogP contribution is -2.25. The maximum Gasteiger partial charge on any atom is 0.305 e. The van der Waals surface area contributed by atoms with Gasteiger partial charge < -0.3 is 14.6 Å². The van der Waals surface area contributed by atoms with Crippen molar-refractivity contribution in [2.75, 3.05) is 13.2 Å². The molecule has 254 valence electrons. The van der Waals surface area contributed by atoms with Gasteiger partial charge in [-0.2, -0.15) is 0 Å². The number of ether oxygens (including phenoxy) is 2. The zero-order chi connectivity index (χ0) is 32.2. The Kier molecular flexibility index (Phi) is 33.6. The summed E-state index contributed by atoms with van der Waals surface area (Å²) in [6.45, 7) is 4.21. The van der Waals surface area contributed by atoms with Crippen LogP contribution in [0.15, 0.2) is 48.6 Å². The minimum Gasteiger partial charge on any atom is -0.463 e. The molecule has 0 saturated heterocycles. The first kappa shape index (κ1) is 41.9. The first-order valence-electron chi connectivity index (χ1n) is 18.2. The molecule has 0 amide bonds. The van der Waals surface area contributed by atoms with Gasteiger partial charge in [-0.1, -0.05) is 127 Å². The van der Waals surface area contributed by atoms with E-state index >= 15 is 0 Å². The SMILES string of the molecule is CCCCC/C=C/C/C=C\CCCCCCCC(=O)OCC(O)COC(=O)CCCCCCC/C=C\C/C=C/CCCCC. The molecular formula is C39H68O5. The second-order valence-electron chi connectivity index (χ2n) is 12.0. The number of carbonyl (C=O) groups excluding carboxylic acids is 2. The first-order chi connectivity index (χ1) is 21.6. The highest BCUT2D eigenvalue weighted by Crippen LogP contribution is 2.10. The summed E-state index contributed by atoms with van der Waals surface area (Å²) in [6, 6.07) is 0. The molecule has 0 bridgehead atoms. The average molecular weight is 617 g/mol. The van der Waals surface area contributed by atoms with Gasteiger partial charge in [0.2, 0.25) is 0 Å². The van der Waals surface area contributed by atoms with Crippen LogP contribution >= 0.6 is 0 Å². The molecule has 0 unspecified atom stereocenters. The van der Waals surface area contributed by atoms with Crippen LogP contribution in [0.1, 0.15) is 168 Å². The van der Waals surface area contributed by atoms with E-state index in [0.717, 1.165) is 64.2 Å². The number of esters is 2. The van der Waals surface area contributed by atoms with Gasteiger partial charge in [0.25, 0.3) is 0 Å². The van der Waals surface area contributed by atoms with E-state index in [4.69, 9.17) is 9.47 Å². The summed E-state index contributed by atoms with van der Waals surface area (Å²) in [5.41, 5.74) is 0. The topological polar surface area (TPSA) is 72.8 Å². The van der Waals surface area contributed by atoms with Crippen LogP contribution in [0.2, 0.25) is 0 Å². The second kappa shape index (κ2) is 35.3. The van der Waals surface area contributed by atoms with E-state index in [0.29, 0.717) is 12.8 Å². The molecule has 0 heterocycles. The van der Waals surface area contributed by atoms with Gasteiger partial charge in [0.05, 0.1) is 0 Å². The van der Waals surface area contributed by atoms with E-state index in [9.17, 15) is 14.7 Å². The maximum absolute atomic E-state index is 11.9. The summed E-state index contributed by atoms with van der Waals surface area (Å²) < 4.78 is 10.3. The van der Waals surface area contributed by atoms with Crippen molar-refractivity contribution in [2.24, 2.45) is 0 Å². The molecule has 0 aliphatic carbocycles. The van der Waals surface area contributed by atoms with Crippen LogP contribution < -0.4 is 0 Å². The fourth-order valence-corrected chi connectivity index (χ4v) is 4.73. The highest BCUT2D eigenvalue weighted by atomic mass is 16.6. The molecule has 0 saturated carbocycles. The fraction of sp³-hybridized carbons (Fsp3) is 0.744. The van der Waals surface area contributed by atoms with Crippen LogP contribution in [0.4, 0.5) is 0 Å². The van der Waals surface area contributed by atoms with Crippen LogP contribution in [-0.4, -0.2) is 36.4 Å². The van der Waals surface area contributed by atoms with Crippen LogP contribution in [-0.2, 0) is 19.1 Å². The van der Waals surface area contributed by atoms with Crippen molar-refractivity contribution in [3.05, 3.63) is 48.6 Å². The van der Waals surface area contributed by atoms with E-state index in [2.05, 4.69) is 62.5 Å². The van der Waals surface area contributed by atoms with Crippen molar-refractivity contribution in [3.8, 4) is 0 Å². The summed E-state index contributed by atoms with van der Waals surface area (Å²) in [5.74, 6) is -0.600. The Morgan fingerprint density at radius 1 is 0.477 bits per heavy atom. The van der Waals surface area contributed by atoms with Crippen LogP contribution in [0, 0.1) is 0 Å². The van der Waals surface area contributed by atoms with Gasteiger partial charge in [0, 0.05) is 12.8 Å². The zero-order valence-electron chi connectivity index (χ0n) is 28.7. The molecule has 0 fully saturated rings. The molecular weight excluding hydrogens is 548 g/mol. The number of aliphatic hydroxyl groups is 1. The standard InChI is InChI=1S/C39H68O5/c1-3-5-7-9-11-13-15-17-19-21-23-25-27-29-31-33-38(41)43-35-37(40)36-44-39(42)34-32-30-28-26-24-22-20-18-16-14-12-10-8-6-4-2/h11-14,17-20,37,40H,3-10,15-16,21-36H2,1-2H3/b13-11+,14-12+,19-17-,20-18-. The molecule has 0 spiro atoms. The Morgan fingerprint density at radius 3 is 1.16 bits per heavy atom. The molecule has 0 aromatic heterocycles. The number of carbonyl (C=O) groups is 2. The average Bonchev–Trinajstić information content (AvgIpc) is 3.02. The lowest BCUT2D eigenvalue weighted by Gasteiger charge is -2.12. The Balaban J connectivity index is 3.51. The van der Waals surface area contributed by atoms with Gasteiger partial charge in [-0.25, -0.2) is 0 Å². The van der Waals surface area contributed by atoms with E-state index < -0.39 is 6.10 Å². The number of rotatable bonds is 32. The summed E-state index contributed by atoms with van der Waals surface area (Å²) in [5, 5.41) is 9.98. The molecule has 5 nitrogen and oxygen atoms in total. The van der Waals surface area contributed by atoms with Gasteiger partial charge in [0.15, 0.2) is 0 Å². The largest absolute Gasteiger partial charge is 0.463 e. The Bertz CT molecular complexity index is 690. The quantitative estimate of drug-likeness (QED) is 0.0462. The number of hydrogen-bond acceptors (Lipinski definition) is 5. The minimum absolute atomic E-state index is 0.129. The van der Waals surface area contributed by atoms with Crippen molar-refractivity contribution < 1.29 is 24.2 Å². The van der Waals surface area contributed by atoms with Gasteiger partial charge >= 0.3 is 11.9 Å². The third kappa shape index (κ3) is 34.4. The number of unbranched alkanes of at least 4 members (excludes halogenated alkanes) is 16. The molecule has 5 heteroatoms. The smallest absolute Gasteiger partial charge is 0.305 e. The van der Waals surface area contributed by atoms with Gasteiger partial charge in [0.1, 0.15) is 19.3 Å². The van der Waals surface area contributed by atoms with Gasteiger partial charge in [-0.3, -0.25) is 9.59 Å². The summed E-state index contributed by atoms with van der Waals surface area (Å²) in [6.07, 6.45) is 42.9. The van der Waals surface area contributed by atoms with E-state index in [1.807, 2.05) is 0 Å². The molecule has 1 N–H and O–H groups in total. The minimum atomic E-state index is -0.975. The lowest BCUT2D eigenvalue weighted by molar-refractivity contribution is -0.152. The van der Waals surface area contributed by atoms with Crippen LogP contribution in [0.25, 0.3) is 0 Å². The molecule has 0 aromatic rings. The van der Waals surface area contributed by atoms with E-state index in [-0.39, 0.29) is 25.2 Å². The third-order valence-electron chi connectivity index (χ3n) is 7.54. The number of aliphatic hydroxyl groups excluding tert-OH is 1. The van der Waals surface area contributed by atoms with Crippen molar-refractivity contribution >= 4 is 11.9 Å². The van der Waals surface area contributed by atoms with Crippen molar-refractivity contribution in [2.45, 2.75) is 174 Å². The molecule has 0 aromatic carbocycles. The normalized spacial score (nSPS) is 12.1. The number of allylic oxidation sites excluding steroid dienone is 8. The highest BCUT2D eigenvalue weighted by Gasteiger charge is 2.12. The zero-order valence-corrected chi connectivity index (χ0v) is 28.7. The molecule has 0 rings (SSSR count). The molecule has 0 aliphatic heterocycles. The Morgan fingerprint density at radius 2 is 0.795 bits per heavy atom. The van der Waals surface area contributed by atoms with Crippen molar-refractivity contribution in [3.63, 3.8) is 0 Å². The molecule has 0 atom stereocenters. The summed E-state index contributed by atoms with van der Waals surface area (Å²) >= 11 is 0. The first-order valence-corrected chi connectivity index (χ1v) is 18.2. The van der Waals surface area contributed by atoms with Gasteiger partial charge in [-0.05, 0) is 77.0 Å². The van der Waals surface area contributed by atoms with E-state index in [1.165, 1.54) is 77.0 Å². The monoisotopic (exact) mass is 617 g/mol. The van der Waals surface area contributed by atoms with Crippen LogP contribution in [0.5, 0.6) is 0 Å². The summed E-state index contributed by atoms with van der Waals surface area (Å²) in [7, 11) is 0.